The number of ether oxygens (including phenoxy) is 1. The number of carbonyl (C=O) groups is 2. The molecule has 0 bridgehead atoms. The van der Waals surface area contributed by atoms with E-state index in [1.165, 1.54) is 12.4 Å². The minimum absolute atomic E-state index is 0.175. The summed E-state index contributed by atoms with van der Waals surface area (Å²) >= 11 is 0. The number of para-hydroxylation sites is 1. The summed E-state index contributed by atoms with van der Waals surface area (Å²) in [6.07, 6.45) is 3.74. The van der Waals surface area contributed by atoms with Gasteiger partial charge in [0.25, 0.3) is 5.91 Å². The minimum Gasteiger partial charge on any atom is -0.424 e. The molecule has 2 amide bonds. The number of hydrogen-bond acceptors (Lipinski definition) is 7. The Morgan fingerprint density at radius 2 is 1.62 bits per heavy atom. The lowest BCUT2D eigenvalue weighted by Crippen LogP contribution is -2.49. The quantitative estimate of drug-likeness (QED) is 0.529. The van der Waals surface area contributed by atoms with E-state index in [4.69, 9.17) is 9.84 Å². The second-order valence-electron chi connectivity index (χ2n) is 7.95. The Bertz CT molecular complexity index is 1080. The van der Waals surface area contributed by atoms with Gasteiger partial charge in [0, 0.05) is 50.8 Å². The Morgan fingerprint density at radius 1 is 0.941 bits per heavy atom. The molecule has 176 valence electrons. The summed E-state index contributed by atoms with van der Waals surface area (Å²) in [6.45, 7) is 3.36. The van der Waals surface area contributed by atoms with Gasteiger partial charge < -0.3 is 20.1 Å². The van der Waals surface area contributed by atoms with Crippen molar-refractivity contribution in [1.82, 2.24) is 19.8 Å². The number of benzene rings is 2. The summed E-state index contributed by atoms with van der Waals surface area (Å²) in [5.41, 5.74) is 2.19. The standard InChI is InChI=1S/C25H27N5O4/c31-18-23(32)30-14-12-29(13-15-30)11-10-19-6-8-21(9-7-19)28-24(33)20-16-26-25(27-17-20)34-22-4-2-1-3-5-22/h1-9,16-17,31H,10-15,18H2,(H,28,33). The van der Waals surface area contributed by atoms with Crippen LogP contribution in [0.3, 0.4) is 0 Å². The molecule has 9 heteroatoms. The SMILES string of the molecule is O=C(Nc1ccc(CCN2CCN(C(=O)CO)CC2)cc1)c1cnc(Oc2ccccc2)nc1. The van der Waals surface area contributed by atoms with Gasteiger partial charge in [0.2, 0.25) is 5.91 Å². The van der Waals surface area contributed by atoms with Crippen LogP contribution < -0.4 is 10.1 Å². The molecule has 0 unspecified atom stereocenters. The van der Waals surface area contributed by atoms with Crippen molar-refractivity contribution in [3.8, 4) is 11.8 Å². The van der Waals surface area contributed by atoms with Crippen LogP contribution in [0.25, 0.3) is 0 Å². The van der Waals surface area contributed by atoms with Crippen LogP contribution in [0.15, 0.2) is 67.0 Å². The van der Waals surface area contributed by atoms with Crippen LogP contribution in [-0.2, 0) is 11.2 Å². The van der Waals surface area contributed by atoms with Crippen LogP contribution in [-0.4, -0.2) is 76.0 Å². The molecule has 0 aliphatic carbocycles. The molecule has 4 rings (SSSR count). The van der Waals surface area contributed by atoms with Gasteiger partial charge in [-0.15, -0.1) is 0 Å². The average molecular weight is 462 g/mol. The molecule has 0 spiro atoms. The van der Waals surface area contributed by atoms with E-state index in [9.17, 15) is 9.59 Å². The van der Waals surface area contributed by atoms with Gasteiger partial charge in [-0.05, 0) is 36.2 Å². The predicted molar refractivity (Wildman–Crippen MR) is 127 cm³/mol. The van der Waals surface area contributed by atoms with Crippen molar-refractivity contribution in [3.05, 3.63) is 78.1 Å². The number of aliphatic hydroxyl groups excluding tert-OH is 1. The minimum atomic E-state index is -0.427. The highest BCUT2D eigenvalue weighted by atomic mass is 16.5. The zero-order valence-corrected chi connectivity index (χ0v) is 18.8. The number of anilines is 1. The highest BCUT2D eigenvalue weighted by Crippen LogP contribution is 2.17. The van der Waals surface area contributed by atoms with Crippen molar-refractivity contribution in [3.63, 3.8) is 0 Å². The Kier molecular flexibility index (Phi) is 7.79. The van der Waals surface area contributed by atoms with E-state index in [2.05, 4.69) is 20.2 Å². The Morgan fingerprint density at radius 3 is 2.26 bits per heavy atom. The molecule has 0 saturated carbocycles. The van der Waals surface area contributed by atoms with Gasteiger partial charge in [0.1, 0.15) is 12.4 Å². The number of hydrogen-bond donors (Lipinski definition) is 2. The fraction of sp³-hybridized carbons (Fsp3) is 0.280. The third-order valence-electron chi connectivity index (χ3n) is 5.63. The monoisotopic (exact) mass is 461 g/mol. The maximum absolute atomic E-state index is 12.5. The van der Waals surface area contributed by atoms with Crippen LogP contribution in [0.4, 0.5) is 5.69 Å². The van der Waals surface area contributed by atoms with E-state index in [1.807, 2.05) is 42.5 Å². The van der Waals surface area contributed by atoms with Gasteiger partial charge in [-0.3, -0.25) is 14.5 Å². The van der Waals surface area contributed by atoms with Gasteiger partial charge >= 0.3 is 6.01 Å². The number of aromatic nitrogens is 2. The van der Waals surface area contributed by atoms with Crippen molar-refractivity contribution < 1.29 is 19.4 Å². The molecule has 0 atom stereocenters. The van der Waals surface area contributed by atoms with Gasteiger partial charge in [-0.2, -0.15) is 0 Å². The normalized spacial score (nSPS) is 14.0. The van der Waals surface area contributed by atoms with Crippen LogP contribution in [0.1, 0.15) is 15.9 Å². The maximum Gasteiger partial charge on any atom is 0.321 e. The third kappa shape index (κ3) is 6.37. The van der Waals surface area contributed by atoms with Crippen molar-refractivity contribution in [1.29, 1.82) is 0 Å². The van der Waals surface area contributed by atoms with Gasteiger partial charge in [0.15, 0.2) is 0 Å². The molecule has 1 fully saturated rings. The van der Waals surface area contributed by atoms with Gasteiger partial charge in [0.05, 0.1) is 5.56 Å². The number of nitrogens with zero attached hydrogens (tertiary/aromatic N) is 4. The first kappa shape index (κ1) is 23.3. The Hall–Kier alpha value is -3.82. The lowest BCUT2D eigenvalue weighted by Gasteiger charge is -2.34. The lowest BCUT2D eigenvalue weighted by molar-refractivity contribution is -0.135. The Balaban J connectivity index is 1.23. The number of piperazine rings is 1. The van der Waals surface area contributed by atoms with E-state index in [0.29, 0.717) is 30.1 Å². The molecule has 9 nitrogen and oxygen atoms in total. The molecule has 2 N–H and O–H groups in total. The average Bonchev–Trinajstić information content (AvgIpc) is 2.89. The predicted octanol–water partition coefficient (Wildman–Crippen LogP) is 2.20. The topological polar surface area (TPSA) is 108 Å². The summed E-state index contributed by atoms with van der Waals surface area (Å²) < 4.78 is 5.55. The molecule has 1 aliphatic rings. The first-order chi connectivity index (χ1) is 16.6. The zero-order valence-electron chi connectivity index (χ0n) is 18.8. The lowest BCUT2D eigenvalue weighted by atomic mass is 10.1. The first-order valence-electron chi connectivity index (χ1n) is 11.2. The Labute approximate surface area is 198 Å². The van der Waals surface area contributed by atoms with Gasteiger partial charge in [-0.25, -0.2) is 9.97 Å². The van der Waals surface area contributed by atoms with E-state index >= 15 is 0 Å². The molecule has 3 aromatic rings. The van der Waals surface area contributed by atoms with Crippen LogP contribution in [0, 0.1) is 0 Å². The fourth-order valence-corrected chi connectivity index (χ4v) is 3.65. The largest absolute Gasteiger partial charge is 0.424 e. The summed E-state index contributed by atoms with van der Waals surface area (Å²) in [5.74, 6) is 0.119. The number of rotatable bonds is 8. The van der Waals surface area contributed by atoms with E-state index in [0.717, 1.165) is 31.6 Å². The molecule has 1 aliphatic heterocycles. The van der Waals surface area contributed by atoms with E-state index in [1.54, 1.807) is 17.0 Å². The summed E-state index contributed by atoms with van der Waals surface area (Å²) in [6, 6.07) is 17.1. The molecule has 2 aromatic carbocycles. The molecule has 2 heterocycles. The molecular weight excluding hydrogens is 434 g/mol. The van der Waals surface area contributed by atoms with Crippen LogP contribution in [0.5, 0.6) is 11.8 Å². The highest BCUT2D eigenvalue weighted by molar-refractivity contribution is 6.03. The maximum atomic E-state index is 12.5. The number of aliphatic hydroxyl groups is 1. The van der Waals surface area contributed by atoms with E-state index < -0.39 is 6.61 Å². The number of carbonyl (C=O) groups excluding carboxylic acids is 2. The molecular formula is C25H27N5O4. The number of amides is 2. The number of nitrogens with one attached hydrogen (secondary N) is 1. The second kappa shape index (κ2) is 11.4. The fourth-order valence-electron chi connectivity index (χ4n) is 3.65. The molecule has 1 aromatic heterocycles. The van der Waals surface area contributed by atoms with Gasteiger partial charge in [-0.1, -0.05) is 30.3 Å². The van der Waals surface area contributed by atoms with Crippen LogP contribution >= 0.6 is 0 Å². The van der Waals surface area contributed by atoms with Crippen molar-refractivity contribution in [2.75, 3.05) is 44.6 Å². The smallest absolute Gasteiger partial charge is 0.321 e. The summed E-state index contributed by atoms with van der Waals surface area (Å²) in [5, 5.41) is 11.8. The molecule has 1 saturated heterocycles. The molecule has 34 heavy (non-hydrogen) atoms. The molecule has 0 radical (unpaired) electrons. The highest BCUT2D eigenvalue weighted by Gasteiger charge is 2.20. The van der Waals surface area contributed by atoms with Crippen molar-refractivity contribution in [2.24, 2.45) is 0 Å². The summed E-state index contributed by atoms with van der Waals surface area (Å²) in [7, 11) is 0. The second-order valence-corrected chi connectivity index (χ2v) is 7.95. The first-order valence-corrected chi connectivity index (χ1v) is 11.2. The third-order valence-corrected chi connectivity index (χ3v) is 5.63. The van der Waals surface area contributed by atoms with Crippen LogP contribution in [0.2, 0.25) is 0 Å². The van der Waals surface area contributed by atoms with E-state index in [-0.39, 0.29) is 17.8 Å². The zero-order chi connectivity index (χ0) is 23.8. The van der Waals surface area contributed by atoms with Crippen molar-refractivity contribution in [2.45, 2.75) is 6.42 Å². The van der Waals surface area contributed by atoms with Crippen molar-refractivity contribution >= 4 is 17.5 Å². The summed E-state index contributed by atoms with van der Waals surface area (Å²) in [4.78, 5) is 36.3.